The summed E-state index contributed by atoms with van der Waals surface area (Å²) >= 11 is 0. The normalized spacial score (nSPS) is 14.1. The molecule has 1 atom stereocenters. The molecule has 0 saturated heterocycles. The minimum atomic E-state index is -3.26. The van der Waals surface area contributed by atoms with E-state index in [1.807, 2.05) is 0 Å². The largest absolute Gasteiger partial charge is 0.382 e. The van der Waals surface area contributed by atoms with Crippen LogP contribution in [0, 0.1) is 12.7 Å². The molecule has 0 bridgehead atoms. The molecule has 0 saturated carbocycles. The van der Waals surface area contributed by atoms with Crippen LogP contribution in [0.15, 0.2) is 18.2 Å². The summed E-state index contributed by atoms with van der Waals surface area (Å²) in [7, 11) is 0. The second-order valence-corrected chi connectivity index (χ2v) is 3.42. The lowest BCUT2D eigenvalue weighted by Crippen LogP contribution is -2.21. The summed E-state index contributed by atoms with van der Waals surface area (Å²) in [5, 5.41) is 9.19. The fourth-order valence-corrected chi connectivity index (χ4v) is 1.22. The Bertz CT molecular complexity index is 310. The molecular formula is C10H11F3O. The van der Waals surface area contributed by atoms with Crippen LogP contribution in [-0.2, 0) is 0 Å². The Morgan fingerprint density at radius 3 is 2.29 bits per heavy atom. The molecule has 1 N–H and O–H groups in total. The van der Waals surface area contributed by atoms with Crippen LogP contribution in [0.3, 0.4) is 0 Å². The van der Waals surface area contributed by atoms with Crippen LogP contribution in [0.2, 0.25) is 0 Å². The van der Waals surface area contributed by atoms with E-state index in [-0.39, 0.29) is 5.56 Å². The van der Waals surface area contributed by atoms with Gasteiger partial charge in [0.05, 0.1) is 0 Å². The first kappa shape index (κ1) is 11.0. The quantitative estimate of drug-likeness (QED) is 0.785. The van der Waals surface area contributed by atoms with E-state index < -0.39 is 17.8 Å². The molecular weight excluding hydrogens is 193 g/mol. The highest BCUT2D eigenvalue weighted by Gasteiger charge is 2.33. The zero-order valence-electron chi connectivity index (χ0n) is 7.89. The lowest BCUT2D eigenvalue weighted by molar-refractivity contribution is -0.0955. The molecule has 0 heterocycles. The van der Waals surface area contributed by atoms with E-state index in [1.54, 1.807) is 6.92 Å². The zero-order valence-corrected chi connectivity index (χ0v) is 7.89. The predicted octanol–water partition coefficient (Wildman–Crippen LogP) is 2.82. The molecule has 0 aliphatic heterocycles. The number of alkyl halides is 2. The Kier molecular flexibility index (Phi) is 2.85. The summed E-state index contributed by atoms with van der Waals surface area (Å²) in [5.41, 5.74) is 0.401. The van der Waals surface area contributed by atoms with Crippen molar-refractivity contribution in [3.63, 3.8) is 0 Å². The Balaban J connectivity index is 3.07. The number of benzene rings is 1. The van der Waals surface area contributed by atoms with E-state index in [4.69, 9.17) is 0 Å². The summed E-state index contributed by atoms with van der Waals surface area (Å²) in [5.74, 6) is -3.89. The molecule has 1 aromatic carbocycles. The third-order valence-corrected chi connectivity index (χ3v) is 1.86. The van der Waals surface area contributed by atoms with Crippen molar-refractivity contribution >= 4 is 0 Å². The molecule has 0 aliphatic carbocycles. The predicted molar refractivity (Wildman–Crippen MR) is 46.7 cm³/mol. The van der Waals surface area contributed by atoms with Gasteiger partial charge in [0, 0.05) is 6.92 Å². The van der Waals surface area contributed by atoms with Gasteiger partial charge in [-0.15, -0.1) is 0 Å². The third-order valence-electron chi connectivity index (χ3n) is 1.86. The van der Waals surface area contributed by atoms with Crippen molar-refractivity contribution in [2.75, 3.05) is 0 Å². The first-order valence-corrected chi connectivity index (χ1v) is 4.13. The van der Waals surface area contributed by atoms with Gasteiger partial charge in [0.2, 0.25) is 0 Å². The molecule has 0 radical (unpaired) electrons. The van der Waals surface area contributed by atoms with Gasteiger partial charge in [-0.05, 0) is 30.2 Å². The number of hydrogen-bond acceptors (Lipinski definition) is 1. The van der Waals surface area contributed by atoms with Gasteiger partial charge in [0.15, 0.2) is 0 Å². The molecule has 0 aliphatic rings. The van der Waals surface area contributed by atoms with Crippen molar-refractivity contribution < 1.29 is 18.3 Å². The lowest BCUT2D eigenvalue weighted by atomic mass is 10.0. The Morgan fingerprint density at radius 1 is 1.29 bits per heavy atom. The van der Waals surface area contributed by atoms with Gasteiger partial charge in [-0.2, -0.15) is 0 Å². The van der Waals surface area contributed by atoms with Crippen LogP contribution in [0.25, 0.3) is 0 Å². The fraction of sp³-hybridized carbons (Fsp3) is 0.400. The third kappa shape index (κ3) is 2.48. The van der Waals surface area contributed by atoms with Crippen molar-refractivity contribution in [1.29, 1.82) is 0 Å². The second kappa shape index (κ2) is 3.61. The van der Waals surface area contributed by atoms with Crippen LogP contribution in [0.4, 0.5) is 13.2 Å². The summed E-state index contributed by atoms with van der Waals surface area (Å²) in [6, 6.07) is 3.46. The fourth-order valence-electron chi connectivity index (χ4n) is 1.22. The summed E-state index contributed by atoms with van der Waals surface area (Å²) in [6.07, 6.45) is -1.96. The molecule has 14 heavy (non-hydrogen) atoms. The van der Waals surface area contributed by atoms with E-state index in [1.165, 1.54) is 12.1 Å². The van der Waals surface area contributed by atoms with Crippen LogP contribution < -0.4 is 0 Å². The van der Waals surface area contributed by atoms with Crippen molar-refractivity contribution in [2.45, 2.75) is 25.9 Å². The number of halogens is 3. The van der Waals surface area contributed by atoms with Gasteiger partial charge in [0.25, 0.3) is 5.92 Å². The average Bonchev–Trinajstić information content (AvgIpc) is 1.99. The van der Waals surface area contributed by atoms with Crippen molar-refractivity contribution in [3.05, 3.63) is 35.1 Å². The van der Waals surface area contributed by atoms with Crippen molar-refractivity contribution in [3.8, 4) is 0 Å². The number of aliphatic hydroxyl groups is 1. The maximum Gasteiger partial charge on any atom is 0.274 e. The Labute approximate surface area is 80.2 Å². The van der Waals surface area contributed by atoms with E-state index in [0.29, 0.717) is 12.5 Å². The number of aryl methyl sites for hydroxylation is 1. The molecule has 0 aromatic heterocycles. The smallest absolute Gasteiger partial charge is 0.274 e. The van der Waals surface area contributed by atoms with Gasteiger partial charge in [-0.25, -0.2) is 13.2 Å². The van der Waals surface area contributed by atoms with Gasteiger partial charge in [0.1, 0.15) is 11.9 Å². The molecule has 1 nitrogen and oxygen atoms in total. The molecule has 1 aromatic rings. The standard InChI is InChI=1S/C10H11F3O/c1-6-3-7(5-8(11)4-6)9(14)10(2,12)13/h3-5,9,14H,1-2H3. The van der Waals surface area contributed by atoms with E-state index in [0.717, 1.165) is 6.07 Å². The summed E-state index contributed by atoms with van der Waals surface area (Å²) in [4.78, 5) is 0. The lowest BCUT2D eigenvalue weighted by Gasteiger charge is -2.18. The average molecular weight is 204 g/mol. The van der Waals surface area contributed by atoms with Crippen LogP contribution in [0.1, 0.15) is 24.2 Å². The molecule has 1 unspecified atom stereocenters. The molecule has 4 heteroatoms. The highest BCUT2D eigenvalue weighted by molar-refractivity contribution is 5.26. The topological polar surface area (TPSA) is 20.2 Å². The minimum absolute atomic E-state index is 0.102. The highest BCUT2D eigenvalue weighted by atomic mass is 19.3. The Morgan fingerprint density at radius 2 is 1.86 bits per heavy atom. The summed E-state index contributed by atoms with van der Waals surface area (Å²) < 4.78 is 38.2. The van der Waals surface area contributed by atoms with Gasteiger partial charge >= 0.3 is 0 Å². The van der Waals surface area contributed by atoms with Crippen molar-refractivity contribution in [1.82, 2.24) is 0 Å². The minimum Gasteiger partial charge on any atom is -0.382 e. The maximum atomic E-state index is 12.8. The van der Waals surface area contributed by atoms with E-state index in [2.05, 4.69) is 0 Å². The second-order valence-electron chi connectivity index (χ2n) is 3.42. The van der Waals surface area contributed by atoms with E-state index in [9.17, 15) is 18.3 Å². The maximum absolute atomic E-state index is 12.8. The van der Waals surface area contributed by atoms with Crippen LogP contribution >= 0.6 is 0 Å². The van der Waals surface area contributed by atoms with Gasteiger partial charge in [-0.1, -0.05) is 6.07 Å². The molecule has 0 spiro atoms. The zero-order chi connectivity index (χ0) is 10.9. The number of hydrogen-bond donors (Lipinski definition) is 1. The molecule has 0 fully saturated rings. The van der Waals surface area contributed by atoms with E-state index >= 15 is 0 Å². The number of aliphatic hydroxyl groups excluding tert-OH is 1. The van der Waals surface area contributed by atoms with Crippen LogP contribution in [0.5, 0.6) is 0 Å². The van der Waals surface area contributed by atoms with Crippen LogP contribution in [-0.4, -0.2) is 11.0 Å². The Hall–Kier alpha value is -1.03. The van der Waals surface area contributed by atoms with Gasteiger partial charge < -0.3 is 5.11 Å². The SMILES string of the molecule is Cc1cc(F)cc(C(O)C(C)(F)F)c1. The summed E-state index contributed by atoms with van der Waals surface area (Å²) in [6.45, 7) is 2.17. The highest BCUT2D eigenvalue weighted by Crippen LogP contribution is 2.31. The molecule has 78 valence electrons. The monoisotopic (exact) mass is 204 g/mol. The van der Waals surface area contributed by atoms with Crippen molar-refractivity contribution in [2.24, 2.45) is 0 Å². The first-order valence-electron chi connectivity index (χ1n) is 4.13. The first-order chi connectivity index (χ1) is 6.30. The number of rotatable bonds is 2. The molecule has 0 amide bonds. The van der Waals surface area contributed by atoms with Gasteiger partial charge in [-0.3, -0.25) is 0 Å². The molecule has 1 rings (SSSR count).